The summed E-state index contributed by atoms with van der Waals surface area (Å²) in [6.07, 6.45) is 3.72. The Kier molecular flexibility index (Phi) is 6.26. The van der Waals surface area contributed by atoms with Crippen LogP contribution in [0.25, 0.3) is 6.08 Å². The summed E-state index contributed by atoms with van der Waals surface area (Å²) in [7, 11) is 0. The van der Waals surface area contributed by atoms with E-state index >= 15 is 0 Å². The zero-order valence-electron chi connectivity index (χ0n) is 18.0. The summed E-state index contributed by atoms with van der Waals surface area (Å²) < 4.78 is 13.0. The van der Waals surface area contributed by atoms with Crippen LogP contribution in [0.4, 0.5) is 15.8 Å². The number of halogens is 1. The van der Waals surface area contributed by atoms with E-state index in [0.717, 1.165) is 24.9 Å². The van der Waals surface area contributed by atoms with Gasteiger partial charge in [-0.3, -0.25) is 4.79 Å². The molecule has 0 fully saturated rings. The Balaban J connectivity index is 1.89. The molecule has 1 heterocycles. The van der Waals surface area contributed by atoms with E-state index in [2.05, 4.69) is 50.0 Å². The fourth-order valence-electron chi connectivity index (χ4n) is 4.29. The number of benzene rings is 2. The van der Waals surface area contributed by atoms with Crippen molar-refractivity contribution in [3.63, 3.8) is 0 Å². The summed E-state index contributed by atoms with van der Waals surface area (Å²) in [5.74, 6) is -0.508. The molecule has 1 amide bonds. The Labute approximate surface area is 178 Å². The van der Waals surface area contributed by atoms with Crippen molar-refractivity contribution in [2.75, 3.05) is 16.8 Å². The molecular weight excluding hydrogens is 377 g/mol. The molecule has 1 aliphatic rings. The molecule has 5 heteroatoms. The molecule has 156 valence electrons. The first-order valence-electron chi connectivity index (χ1n) is 10.4. The predicted molar refractivity (Wildman–Crippen MR) is 120 cm³/mol. The topological polar surface area (TPSA) is 56.1 Å². The fourth-order valence-corrected chi connectivity index (χ4v) is 4.29. The molecule has 1 unspecified atom stereocenters. The molecule has 2 aromatic carbocycles. The largest absolute Gasteiger partial charge is 0.366 e. The lowest BCUT2D eigenvalue weighted by atomic mass is 9.79. The van der Waals surface area contributed by atoms with Crippen LogP contribution in [0.1, 0.15) is 57.6 Å². The Morgan fingerprint density at radius 3 is 2.63 bits per heavy atom. The Bertz CT molecular complexity index is 1000. The van der Waals surface area contributed by atoms with Gasteiger partial charge >= 0.3 is 0 Å². The first kappa shape index (κ1) is 21.6. The van der Waals surface area contributed by atoms with Gasteiger partial charge in [0.15, 0.2) is 0 Å². The fraction of sp³-hybridized carbons (Fsp3) is 0.360. The van der Waals surface area contributed by atoms with Crippen LogP contribution in [0.5, 0.6) is 0 Å². The molecule has 0 radical (unpaired) electrons. The highest BCUT2D eigenvalue weighted by Gasteiger charge is 2.35. The summed E-state index contributed by atoms with van der Waals surface area (Å²) in [5.41, 5.74) is 3.84. The number of carbonyl (C=O) groups excluding carboxylic acids is 1. The standard InChI is InChI=1S/C25H28FN3O/c1-5-12-29-23-11-6-18(14-22(23)17(2)15-25(29,3)4)13-19(16-27)24(30)28-21-9-7-20(26)8-10-21/h6-11,13-14,17H,5,12,15H2,1-4H3,(H,28,30)/b19-13+. The second kappa shape index (κ2) is 8.71. The van der Waals surface area contributed by atoms with E-state index < -0.39 is 5.91 Å². The van der Waals surface area contributed by atoms with E-state index in [9.17, 15) is 14.4 Å². The van der Waals surface area contributed by atoms with Gasteiger partial charge in [-0.05, 0) is 86.2 Å². The highest BCUT2D eigenvalue weighted by molar-refractivity contribution is 6.09. The molecule has 0 saturated carbocycles. The van der Waals surface area contributed by atoms with Crippen LogP contribution < -0.4 is 10.2 Å². The first-order chi connectivity index (χ1) is 14.2. The molecule has 1 atom stereocenters. The van der Waals surface area contributed by atoms with Gasteiger partial charge in [0.1, 0.15) is 17.5 Å². The Hall–Kier alpha value is -3.13. The lowest BCUT2D eigenvalue weighted by molar-refractivity contribution is -0.112. The van der Waals surface area contributed by atoms with Gasteiger partial charge < -0.3 is 10.2 Å². The second-order valence-corrected chi connectivity index (χ2v) is 8.52. The maximum atomic E-state index is 13.0. The Morgan fingerprint density at radius 2 is 2.00 bits per heavy atom. The molecule has 0 saturated heterocycles. The number of hydrogen-bond donors (Lipinski definition) is 1. The van der Waals surface area contributed by atoms with Gasteiger partial charge in [-0.25, -0.2) is 4.39 Å². The number of amides is 1. The third-order valence-corrected chi connectivity index (χ3v) is 5.64. The number of nitriles is 1. The number of hydrogen-bond acceptors (Lipinski definition) is 3. The highest BCUT2D eigenvalue weighted by atomic mass is 19.1. The maximum Gasteiger partial charge on any atom is 0.266 e. The molecule has 30 heavy (non-hydrogen) atoms. The molecule has 0 aromatic heterocycles. The normalized spacial score (nSPS) is 17.8. The van der Waals surface area contributed by atoms with Crippen LogP contribution in [0.2, 0.25) is 0 Å². The first-order valence-corrected chi connectivity index (χ1v) is 10.4. The third-order valence-electron chi connectivity index (χ3n) is 5.64. The molecule has 0 aliphatic carbocycles. The second-order valence-electron chi connectivity index (χ2n) is 8.52. The van der Waals surface area contributed by atoms with E-state index in [4.69, 9.17) is 0 Å². The number of fused-ring (bicyclic) bond motifs is 1. The van der Waals surface area contributed by atoms with Gasteiger partial charge in [-0.1, -0.05) is 19.9 Å². The molecule has 1 aliphatic heterocycles. The van der Waals surface area contributed by atoms with E-state index in [1.807, 2.05) is 12.1 Å². The number of rotatable bonds is 5. The predicted octanol–water partition coefficient (Wildman–Crippen LogP) is 5.87. The maximum absolute atomic E-state index is 13.0. The molecule has 0 bridgehead atoms. The quantitative estimate of drug-likeness (QED) is 0.500. The van der Waals surface area contributed by atoms with Gasteiger partial charge in [-0.15, -0.1) is 0 Å². The highest BCUT2D eigenvalue weighted by Crippen LogP contribution is 2.43. The lowest BCUT2D eigenvalue weighted by Gasteiger charge is -2.47. The number of nitrogens with one attached hydrogen (secondary N) is 1. The van der Waals surface area contributed by atoms with Crippen molar-refractivity contribution >= 4 is 23.4 Å². The minimum Gasteiger partial charge on any atom is -0.366 e. The number of carbonyl (C=O) groups is 1. The molecular formula is C25H28FN3O. The van der Waals surface area contributed by atoms with Crippen molar-refractivity contribution in [2.24, 2.45) is 0 Å². The van der Waals surface area contributed by atoms with Crippen molar-refractivity contribution in [1.29, 1.82) is 5.26 Å². The SMILES string of the molecule is CCCN1c2ccc(/C=C(\C#N)C(=O)Nc3ccc(F)cc3)cc2C(C)CC1(C)C. The summed E-state index contributed by atoms with van der Waals surface area (Å²) in [4.78, 5) is 15.0. The van der Waals surface area contributed by atoms with Crippen LogP contribution in [-0.4, -0.2) is 18.0 Å². The van der Waals surface area contributed by atoms with Gasteiger partial charge in [0, 0.05) is 23.5 Å². The minimum absolute atomic E-state index is 0.00785. The van der Waals surface area contributed by atoms with Crippen molar-refractivity contribution in [1.82, 2.24) is 0 Å². The zero-order chi connectivity index (χ0) is 21.9. The minimum atomic E-state index is -0.511. The number of nitrogens with zero attached hydrogens (tertiary/aromatic N) is 2. The van der Waals surface area contributed by atoms with Crippen molar-refractivity contribution < 1.29 is 9.18 Å². The van der Waals surface area contributed by atoms with Crippen LogP contribution in [0.15, 0.2) is 48.0 Å². The van der Waals surface area contributed by atoms with Crippen LogP contribution in [0, 0.1) is 17.1 Å². The van der Waals surface area contributed by atoms with E-state index in [-0.39, 0.29) is 16.9 Å². The third kappa shape index (κ3) is 4.54. The van der Waals surface area contributed by atoms with E-state index in [1.165, 1.54) is 35.5 Å². The van der Waals surface area contributed by atoms with Crippen LogP contribution in [-0.2, 0) is 4.79 Å². The average Bonchev–Trinajstić information content (AvgIpc) is 2.70. The molecule has 3 rings (SSSR count). The van der Waals surface area contributed by atoms with Crippen molar-refractivity contribution in [3.05, 3.63) is 65.0 Å². The van der Waals surface area contributed by atoms with Gasteiger partial charge in [0.05, 0.1) is 0 Å². The van der Waals surface area contributed by atoms with Gasteiger partial charge in [0.2, 0.25) is 0 Å². The van der Waals surface area contributed by atoms with Gasteiger partial charge in [-0.2, -0.15) is 5.26 Å². The molecule has 4 nitrogen and oxygen atoms in total. The smallest absolute Gasteiger partial charge is 0.266 e. The molecule has 2 aromatic rings. The average molecular weight is 406 g/mol. The lowest BCUT2D eigenvalue weighted by Crippen LogP contribution is -2.48. The summed E-state index contributed by atoms with van der Waals surface area (Å²) in [5, 5.41) is 12.1. The number of anilines is 2. The van der Waals surface area contributed by atoms with E-state index in [0.29, 0.717) is 11.6 Å². The zero-order valence-corrected chi connectivity index (χ0v) is 18.0. The van der Waals surface area contributed by atoms with Crippen molar-refractivity contribution in [3.8, 4) is 6.07 Å². The summed E-state index contributed by atoms with van der Waals surface area (Å²) >= 11 is 0. The Morgan fingerprint density at radius 1 is 1.30 bits per heavy atom. The van der Waals surface area contributed by atoms with Crippen molar-refractivity contribution in [2.45, 2.75) is 52.0 Å². The molecule has 0 spiro atoms. The molecule has 1 N–H and O–H groups in total. The van der Waals surface area contributed by atoms with Crippen LogP contribution >= 0.6 is 0 Å². The monoisotopic (exact) mass is 405 g/mol. The van der Waals surface area contributed by atoms with Gasteiger partial charge in [0.25, 0.3) is 5.91 Å². The summed E-state index contributed by atoms with van der Waals surface area (Å²) in [6.45, 7) is 9.96. The summed E-state index contributed by atoms with van der Waals surface area (Å²) in [6, 6.07) is 13.6. The van der Waals surface area contributed by atoms with E-state index in [1.54, 1.807) is 6.08 Å². The van der Waals surface area contributed by atoms with Crippen LogP contribution in [0.3, 0.4) is 0 Å².